The molecule has 0 heterocycles. The molecule has 0 nitrogen and oxygen atoms in total. The van der Waals surface area contributed by atoms with Gasteiger partial charge in [-0.25, -0.2) is 0 Å². The molecule has 1 heteroatoms. The van der Waals surface area contributed by atoms with Gasteiger partial charge in [0.1, 0.15) is 0 Å². The third-order valence-corrected chi connectivity index (χ3v) is 3.20. The van der Waals surface area contributed by atoms with Crippen molar-refractivity contribution in [1.82, 2.24) is 0 Å². The Kier molecular flexibility index (Phi) is 6.43. The van der Waals surface area contributed by atoms with Gasteiger partial charge in [0.05, 0.1) is 0 Å². The van der Waals surface area contributed by atoms with Gasteiger partial charge >= 0.3 is 0 Å². The second-order valence-electron chi connectivity index (χ2n) is 3.78. The van der Waals surface area contributed by atoms with E-state index < -0.39 is 0 Å². The highest BCUT2D eigenvalue weighted by atomic mass is 31.1. The van der Waals surface area contributed by atoms with Crippen LogP contribution >= 0.6 is 8.58 Å². The number of hydrogen-bond acceptors (Lipinski definition) is 0. The quantitative estimate of drug-likeness (QED) is 0.427. The van der Waals surface area contributed by atoms with Crippen LogP contribution in [-0.2, 0) is 0 Å². The summed E-state index contributed by atoms with van der Waals surface area (Å²) in [5, 5.41) is 0. The molecule has 0 aromatic heterocycles. The lowest BCUT2D eigenvalue weighted by Gasteiger charge is -2.06. The van der Waals surface area contributed by atoms with Gasteiger partial charge in [0.15, 0.2) is 0 Å². The van der Waals surface area contributed by atoms with E-state index in [0.717, 1.165) is 11.8 Å². The van der Waals surface area contributed by atoms with E-state index in [1.807, 2.05) is 0 Å². The maximum atomic E-state index is 2.31. The third kappa shape index (κ3) is 8.43. The largest absolute Gasteiger partial charge is 0.122 e. The Labute approximate surface area is 67.6 Å². The average molecular weight is 160 g/mol. The molecular formula is C9H21P. The van der Waals surface area contributed by atoms with Crippen molar-refractivity contribution in [3.63, 3.8) is 0 Å². The van der Waals surface area contributed by atoms with Gasteiger partial charge in [-0.15, -0.1) is 8.58 Å². The van der Waals surface area contributed by atoms with Crippen LogP contribution in [0.5, 0.6) is 0 Å². The average Bonchev–Trinajstić information content (AvgIpc) is 1.79. The predicted octanol–water partition coefficient (Wildman–Crippen LogP) is 3.37. The molecule has 0 spiro atoms. The lowest BCUT2D eigenvalue weighted by atomic mass is 10.2. The molecule has 0 aliphatic rings. The summed E-state index contributed by atoms with van der Waals surface area (Å²) in [4.78, 5) is 0. The maximum Gasteiger partial charge on any atom is -0.0330 e. The van der Waals surface area contributed by atoms with Crippen molar-refractivity contribution in [3.05, 3.63) is 0 Å². The molecule has 0 amide bonds. The van der Waals surface area contributed by atoms with Gasteiger partial charge in [0.25, 0.3) is 0 Å². The van der Waals surface area contributed by atoms with Crippen molar-refractivity contribution in [2.24, 2.45) is 11.8 Å². The summed E-state index contributed by atoms with van der Waals surface area (Å²) in [5.74, 6) is 1.81. The minimum atomic E-state index is 0.902. The van der Waals surface area contributed by atoms with Gasteiger partial charge in [0, 0.05) is 0 Å². The topological polar surface area (TPSA) is 0 Å². The Morgan fingerprint density at radius 3 is 2.00 bits per heavy atom. The van der Waals surface area contributed by atoms with Gasteiger partial charge < -0.3 is 0 Å². The first-order valence-electron chi connectivity index (χ1n) is 4.33. The van der Waals surface area contributed by atoms with Crippen molar-refractivity contribution < 1.29 is 0 Å². The fraction of sp³-hybridized carbons (Fsp3) is 1.00. The second-order valence-corrected chi connectivity index (χ2v) is 5.19. The van der Waals surface area contributed by atoms with Crippen LogP contribution in [0.1, 0.15) is 34.1 Å². The highest BCUT2D eigenvalue weighted by molar-refractivity contribution is 7.37. The fourth-order valence-electron chi connectivity index (χ4n) is 0.781. The zero-order valence-electron chi connectivity index (χ0n) is 7.78. The summed E-state index contributed by atoms with van der Waals surface area (Å²) in [5.41, 5.74) is 0. The summed E-state index contributed by atoms with van der Waals surface area (Å²) in [6, 6.07) is 0. The number of rotatable bonds is 5. The molecule has 10 heavy (non-hydrogen) atoms. The first kappa shape index (κ1) is 10.4. The van der Waals surface area contributed by atoms with Crippen LogP contribution in [-0.4, -0.2) is 12.3 Å². The molecule has 0 saturated heterocycles. The van der Waals surface area contributed by atoms with Crippen molar-refractivity contribution in [2.75, 3.05) is 12.3 Å². The van der Waals surface area contributed by atoms with Crippen LogP contribution in [0, 0.1) is 11.8 Å². The number of hydrogen-bond donors (Lipinski definition) is 0. The zero-order valence-corrected chi connectivity index (χ0v) is 8.78. The molecule has 1 atom stereocenters. The van der Waals surface area contributed by atoms with Crippen LogP contribution in [0.15, 0.2) is 0 Å². The summed E-state index contributed by atoms with van der Waals surface area (Å²) >= 11 is 0. The lowest BCUT2D eigenvalue weighted by Crippen LogP contribution is -1.93. The van der Waals surface area contributed by atoms with Gasteiger partial charge in [-0.1, -0.05) is 27.7 Å². The standard InChI is InChI=1S/C9H21P/c1-8(2)5-6-10-7-9(3)4/h8-10H,5-7H2,1-4H3. The normalized spacial score (nSPS) is 12.6. The van der Waals surface area contributed by atoms with E-state index in [2.05, 4.69) is 27.7 Å². The van der Waals surface area contributed by atoms with Crippen molar-refractivity contribution in [1.29, 1.82) is 0 Å². The van der Waals surface area contributed by atoms with Crippen LogP contribution in [0.3, 0.4) is 0 Å². The summed E-state index contributed by atoms with van der Waals surface area (Å²) < 4.78 is 0. The Hall–Kier alpha value is 0.430. The highest BCUT2D eigenvalue weighted by Gasteiger charge is 1.95. The minimum Gasteiger partial charge on any atom is -0.122 e. The van der Waals surface area contributed by atoms with Crippen molar-refractivity contribution in [2.45, 2.75) is 34.1 Å². The molecule has 0 bridgehead atoms. The van der Waals surface area contributed by atoms with Crippen LogP contribution in [0.2, 0.25) is 0 Å². The highest BCUT2D eigenvalue weighted by Crippen LogP contribution is 2.18. The predicted molar refractivity (Wildman–Crippen MR) is 52.3 cm³/mol. The zero-order chi connectivity index (χ0) is 7.98. The van der Waals surface area contributed by atoms with Gasteiger partial charge in [0.2, 0.25) is 0 Å². The monoisotopic (exact) mass is 160 g/mol. The second kappa shape index (κ2) is 6.16. The molecule has 62 valence electrons. The molecule has 0 aliphatic carbocycles. The first-order chi connectivity index (χ1) is 4.63. The SMILES string of the molecule is CC(C)CCPCC(C)C. The van der Waals surface area contributed by atoms with Crippen molar-refractivity contribution >= 4 is 8.58 Å². The minimum absolute atomic E-state index is 0.902. The Morgan fingerprint density at radius 1 is 1.00 bits per heavy atom. The maximum absolute atomic E-state index is 2.31. The molecule has 0 aromatic carbocycles. The summed E-state index contributed by atoms with van der Waals surface area (Å²) in [6.45, 7) is 9.23. The lowest BCUT2D eigenvalue weighted by molar-refractivity contribution is 0.629. The van der Waals surface area contributed by atoms with E-state index in [1.54, 1.807) is 0 Å². The van der Waals surface area contributed by atoms with E-state index in [1.165, 1.54) is 27.3 Å². The smallest absolute Gasteiger partial charge is 0.0330 e. The summed E-state index contributed by atoms with van der Waals surface area (Å²) in [6.07, 6.45) is 4.31. The van der Waals surface area contributed by atoms with Crippen LogP contribution in [0.25, 0.3) is 0 Å². The summed E-state index contributed by atoms with van der Waals surface area (Å²) in [7, 11) is 1.21. The fourth-order valence-corrected chi connectivity index (χ4v) is 2.34. The van der Waals surface area contributed by atoms with E-state index in [4.69, 9.17) is 0 Å². The van der Waals surface area contributed by atoms with Gasteiger partial charge in [-0.2, -0.15) is 0 Å². The molecular weight excluding hydrogens is 139 g/mol. The molecule has 0 fully saturated rings. The Balaban J connectivity index is 2.91. The molecule has 0 saturated carbocycles. The Morgan fingerprint density at radius 2 is 1.60 bits per heavy atom. The molecule has 0 radical (unpaired) electrons. The van der Waals surface area contributed by atoms with Crippen LogP contribution in [0.4, 0.5) is 0 Å². The third-order valence-electron chi connectivity index (χ3n) is 1.45. The van der Waals surface area contributed by atoms with Crippen molar-refractivity contribution in [3.8, 4) is 0 Å². The van der Waals surface area contributed by atoms with E-state index in [9.17, 15) is 0 Å². The molecule has 1 unspecified atom stereocenters. The van der Waals surface area contributed by atoms with E-state index in [-0.39, 0.29) is 0 Å². The molecule has 0 aliphatic heterocycles. The first-order valence-corrected chi connectivity index (χ1v) is 5.75. The molecule has 0 rings (SSSR count). The van der Waals surface area contributed by atoms with Gasteiger partial charge in [-0.05, 0) is 30.6 Å². The van der Waals surface area contributed by atoms with Crippen LogP contribution < -0.4 is 0 Å². The molecule has 0 aromatic rings. The van der Waals surface area contributed by atoms with Gasteiger partial charge in [-0.3, -0.25) is 0 Å². The van der Waals surface area contributed by atoms with E-state index in [0.29, 0.717) is 0 Å². The van der Waals surface area contributed by atoms with E-state index >= 15 is 0 Å². The molecule has 0 N–H and O–H groups in total. The Bertz CT molecular complexity index is 57.1.